The number of carbonyl (C=O) groups is 2. The van der Waals surface area contributed by atoms with Crippen molar-refractivity contribution >= 4 is 28.8 Å². The van der Waals surface area contributed by atoms with E-state index in [0.717, 1.165) is 21.7 Å². The Kier molecular flexibility index (Phi) is 5.69. The monoisotopic (exact) mass is 428 g/mol. The molecule has 0 aliphatic carbocycles. The molecule has 0 radical (unpaired) electrons. The summed E-state index contributed by atoms with van der Waals surface area (Å²) >= 11 is 0. The SMILES string of the molecule is COc1ccc(OC)c(N2C(=O)C(Nc3ccccc3C)=C(c3ccc(C)cc3)C2=O)c1. The van der Waals surface area contributed by atoms with E-state index in [4.69, 9.17) is 9.47 Å². The summed E-state index contributed by atoms with van der Waals surface area (Å²) in [6.07, 6.45) is 0. The number of rotatable bonds is 6. The predicted octanol–water partition coefficient (Wildman–Crippen LogP) is 4.72. The lowest BCUT2D eigenvalue weighted by Crippen LogP contribution is -2.32. The molecule has 0 bridgehead atoms. The van der Waals surface area contributed by atoms with Crippen LogP contribution in [0.15, 0.2) is 72.4 Å². The third-order valence-corrected chi connectivity index (χ3v) is 5.46. The molecule has 1 N–H and O–H groups in total. The van der Waals surface area contributed by atoms with Crippen molar-refractivity contribution in [2.24, 2.45) is 0 Å². The molecule has 1 heterocycles. The smallest absolute Gasteiger partial charge is 0.282 e. The van der Waals surface area contributed by atoms with Crippen molar-refractivity contribution < 1.29 is 19.1 Å². The second-order valence-corrected chi connectivity index (χ2v) is 7.54. The van der Waals surface area contributed by atoms with Gasteiger partial charge in [-0.05, 0) is 43.2 Å². The van der Waals surface area contributed by atoms with E-state index in [1.54, 1.807) is 18.2 Å². The van der Waals surface area contributed by atoms with Gasteiger partial charge in [0.05, 0.1) is 25.5 Å². The van der Waals surface area contributed by atoms with Gasteiger partial charge < -0.3 is 14.8 Å². The van der Waals surface area contributed by atoms with Crippen molar-refractivity contribution in [1.82, 2.24) is 0 Å². The van der Waals surface area contributed by atoms with Crippen LogP contribution in [0.5, 0.6) is 11.5 Å². The van der Waals surface area contributed by atoms with E-state index in [0.29, 0.717) is 28.3 Å². The third-order valence-electron chi connectivity index (χ3n) is 5.46. The minimum atomic E-state index is -0.458. The van der Waals surface area contributed by atoms with Crippen molar-refractivity contribution in [1.29, 1.82) is 0 Å². The van der Waals surface area contributed by atoms with Gasteiger partial charge in [-0.15, -0.1) is 0 Å². The number of carbonyl (C=O) groups excluding carboxylic acids is 2. The maximum Gasteiger partial charge on any atom is 0.282 e. The zero-order valence-electron chi connectivity index (χ0n) is 18.4. The Hall–Kier alpha value is -4.06. The first kappa shape index (κ1) is 21.2. The highest BCUT2D eigenvalue weighted by Crippen LogP contribution is 2.39. The Morgan fingerprint density at radius 3 is 2.19 bits per heavy atom. The number of anilines is 2. The molecular formula is C26H24N2O4. The molecule has 0 saturated carbocycles. The molecule has 0 unspecified atom stereocenters. The number of ether oxygens (including phenoxy) is 2. The van der Waals surface area contributed by atoms with Crippen molar-refractivity contribution in [2.45, 2.75) is 13.8 Å². The third kappa shape index (κ3) is 3.71. The van der Waals surface area contributed by atoms with Crippen LogP contribution in [-0.2, 0) is 9.59 Å². The summed E-state index contributed by atoms with van der Waals surface area (Å²) in [4.78, 5) is 28.4. The van der Waals surface area contributed by atoms with Gasteiger partial charge in [0.25, 0.3) is 11.8 Å². The summed E-state index contributed by atoms with van der Waals surface area (Å²) in [6.45, 7) is 3.91. The molecule has 6 heteroatoms. The van der Waals surface area contributed by atoms with Crippen LogP contribution in [0, 0.1) is 13.8 Å². The first-order valence-electron chi connectivity index (χ1n) is 10.2. The fourth-order valence-electron chi connectivity index (χ4n) is 3.67. The van der Waals surface area contributed by atoms with E-state index in [-0.39, 0.29) is 5.70 Å². The topological polar surface area (TPSA) is 67.9 Å². The van der Waals surface area contributed by atoms with Gasteiger partial charge in [-0.2, -0.15) is 0 Å². The molecule has 6 nitrogen and oxygen atoms in total. The molecule has 0 fully saturated rings. The van der Waals surface area contributed by atoms with E-state index >= 15 is 0 Å². The number of benzene rings is 3. The number of nitrogens with one attached hydrogen (secondary N) is 1. The Balaban J connectivity index is 1.87. The number of amides is 2. The van der Waals surface area contributed by atoms with Crippen molar-refractivity contribution in [3.05, 3.63) is 89.1 Å². The van der Waals surface area contributed by atoms with E-state index < -0.39 is 11.8 Å². The van der Waals surface area contributed by atoms with E-state index in [2.05, 4.69) is 5.32 Å². The first-order chi connectivity index (χ1) is 15.4. The van der Waals surface area contributed by atoms with Crippen LogP contribution in [0.25, 0.3) is 5.57 Å². The zero-order chi connectivity index (χ0) is 22.8. The van der Waals surface area contributed by atoms with Crippen molar-refractivity contribution in [3.63, 3.8) is 0 Å². The first-order valence-corrected chi connectivity index (χ1v) is 10.2. The fourth-order valence-corrected chi connectivity index (χ4v) is 3.67. The van der Waals surface area contributed by atoms with Crippen LogP contribution in [0.2, 0.25) is 0 Å². The van der Waals surface area contributed by atoms with Gasteiger partial charge in [0.15, 0.2) is 0 Å². The van der Waals surface area contributed by atoms with Crippen molar-refractivity contribution in [3.8, 4) is 11.5 Å². The molecule has 0 atom stereocenters. The maximum atomic E-state index is 13.7. The van der Waals surface area contributed by atoms with Crippen LogP contribution in [0.4, 0.5) is 11.4 Å². The Labute approximate surface area is 187 Å². The largest absolute Gasteiger partial charge is 0.497 e. The normalized spacial score (nSPS) is 13.6. The second-order valence-electron chi connectivity index (χ2n) is 7.54. The number of para-hydroxylation sites is 1. The number of methoxy groups -OCH3 is 2. The molecule has 1 aliphatic heterocycles. The highest BCUT2D eigenvalue weighted by Gasteiger charge is 2.41. The molecule has 3 aromatic rings. The van der Waals surface area contributed by atoms with Crippen LogP contribution in [0.1, 0.15) is 16.7 Å². The van der Waals surface area contributed by atoms with Gasteiger partial charge in [0.2, 0.25) is 0 Å². The summed E-state index contributed by atoms with van der Waals surface area (Å²) in [6, 6.07) is 20.2. The molecule has 32 heavy (non-hydrogen) atoms. The second kappa shape index (κ2) is 8.59. The highest BCUT2D eigenvalue weighted by molar-refractivity contribution is 6.46. The fraction of sp³-hybridized carbons (Fsp3) is 0.154. The van der Waals surface area contributed by atoms with E-state index in [1.807, 2.05) is 62.4 Å². The molecule has 162 valence electrons. The molecule has 3 aromatic carbocycles. The summed E-state index contributed by atoms with van der Waals surface area (Å²) in [5, 5.41) is 3.21. The standard InChI is InChI=1S/C26H24N2O4/c1-16-9-11-18(12-10-16)23-24(27-20-8-6-5-7-17(20)2)26(30)28(25(23)29)21-15-19(31-3)13-14-22(21)32-4/h5-15,27H,1-4H3. The summed E-state index contributed by atoms with van der Waals surface area (Å²) in [5.74, 6) is 0.0216. The lowest BCUT2D eigenvalue weighted by atomic mass is 10.0. The number of imide groups is 1. The number of hydrogen-bond acceptors (Lipinski definition) is 5. The molecule has 0 spiro atoms. The number of nitrogens with zero attached hydrogens (tertiary/aromatic N) is 1. The van der Waals surface area contributed by atoms with Crippen LogP contribution >= 0.6 is 0 Å². The van der Waals surface area contributed by atoms with Crippen molar-refractivity contribution in [2.75, 3.05) is 24.4 Å². The van der Waals surface area contributed by atoms with E-state index in [1.165, 1.54) is 14.2 Å². The Morgan fingerprint density at radius 2 is 1.53 bits per heavy atom. The van der Waals surface area contributed by atoms with Crippen LogP contribution in [0.3, 0.4) is 0 Å². The van der Waals surface area contributed by atoms with Gasteiger partial charge >= 0.3 is 0 Å². The molecule has 0 aromatic heterocycles. The quantitative estimate of drug-likeness (QED) is 0.576. The zero-order valence-corrected chi connectivity index (χ0v) is 18.4. The molecule has 4 rings (SSSR count). The lowest BCUT2D eigenvalue weighted by Gasteiger charge is -2.19. The molecule has 2 amide bonds. The predicted molar refractivity (Wildman–Crippen MR) is 125 cm³/mol. The summed E-state index contributed by atoms with van der Waals surface area (Å²) < 4.78 is 10.8. The molecule has 0 saturated heterocycles. The molecular weight excluding hydrogens is 404 g/mol. The summed E-state index contributed by atoms with van der Waals surface area (Å²) in [7, 11) is 3.03. The van der Waals surface area contributed by atoms with Crippen LogP contribution < -0.4 is 19.7 Å². The minimum Gasteiger partial charge on any atom is -0.497 e. The number of aryl methyl sites for hydroxylation is 2. The minimum absolute atomic E-state index is 0.220. The maximum absolute atomic E-state index is 13.7. The van der Waals surface area contributed by atoms with E-state index in [9.17, 15) is 9.59 Å². The number of hydrogen-bond donors (Lipinski definition) is 1. The van der Waals surface area contributed by atoms with Crippen LogP contribution in [-0.4, -0.2) is 26.0 Å². The van der Waals surface area contributed by atoms with Gasteiger partial charge in [-0.3, -0.25) is 9.59 Å². The average molecular weight is 428 g/mol. The van der Waals surface area contributed by atoms with Gasteiger partial charge in [-0.1, -0.05) is 48.0 Å². The lowest BCUT2D eigenvalue weighted by molar-refractivity contribution is -0.120. The summed E-state index contributed by atoms with van der Waals surface area (Å²) in [5.41, 5.74) is 4.29. The van der Waals surface area contributed by atoms with Gasteiger partial charge in [-0.25, -0.2) is 4.90 Å². The highest BCUT2D eigenvalue weighted by atomic mass is 16.5. The van der Waals surface area contributed by atoms with Gasteiger partial charge in [0.1, 0.15) is 17.2 Å². The Bertz CT molecular complexity index is 1230. The van der Waals surface area contributed by atoms with Gasteiger partial charge in [0, 0.05) is 11.8 Å². The molecule has 1 aliphatic rings. The average Bonchev–Trinajstić information content (AvgIpc) is 3.04. The Morgan fingerprint density at radius 1 is 0.812 bits per heavy atom.